The van der Waals surface area contributed by atoms with E-state index in [2.05, 4.69) is 27.7 Å². The molecule has 0 aromatic heterocycles. The molecule has 170 valence electrons. The summed E-state index contributed by atoms with van der Waals surface area (Å²) >= 11 is 0. The zero-order valence-electron chi connectivity index (χ0n) is 19.3. The van der Waals surface area contributed by atoms with Crippen LogP contribution in [0.3, 0.4) is 0 Å². The number of aliphatic hydroxyl groups excluding tert-OH is 1. The van der Waals surface area contributed by atoms with Crippen LogP contribution in [-0.4, -0.2) is 35.7 Å². The lowest BCUT2D eigenvalue weighted by Gasteiger charge is -2.66. The van der Waals surface area contributed by atoms with Gasteiger partial charge in [0.2, 0.25) is 12.6 Å². The molecule has 2 unspecified atom stereocenters. The van der Waals surface area contributed by atoms with Crippen LogP contribution in [0.25, 0.3) is 0 Å². The normalized spacial score (nSPS) is 49.4. The van der Waals surface area contributed by atoms with Crippen LogP contribution in [0.1, 0.15) is 80.1 Å². The maximum Gasteiger partial charge on any atom is 0.304 e. The topological polar surface area (TPSA) is 82.1 Å². The summed E-state index contributed by atoms with van der Waals surface area (Å²) in [5.74, 6) is -0.525. The van der Waals surface area contributed by atoms with Crippen LogP contribution in [0.5, 0.6) is 0 Å². The Balaban J connectivity index is 1.74. The van der Waals surface area contributed by atoms with E-state index in [0.717, 1.165) is 19.3 Å². The van der Waals surface area contributed by atoms with Crippen molar-refractivity contribution in [3.8, 4) is 0 Å². The fourth-order valence-electron chi connectivity index (χ4n) is 8.39. The summed E-state index contributed by atoms with van der Waals surface area (Å²) in [4.78, 5) is 23.5. The van der Waals surface area contributed by atoms with Gasteiger partial charge in [0.25, 0.3) is 0 Å². The predicted octanol–water partition coefficient (Wildman–Crippen LogP) is 4.04. The summed E-state index contributed by atoms with van der Waals surface area (Å²) in [5.41, 5.74) is 0.260. The summed E-state index contributed by atoms with van der Waals surface area (Å²) in [6.07, 6.45) is 4.10. The third-order valence-corrected chi connectivity index (χ3v) is 9.38. The number of carbonyl (C=O) groups is 2. The van der Waals surface area contributed by atoms with Crippen molar-refractivity contribution in [3.05, 3.63) is 0 Å². The van der Waals surface area contributed by atoms with E-state index < -0.39 is 30.6 Å². The molecule has 1 aliphatic heterocycles. The van der Waals surface area contributed by atoms with E-state index in [1.165, 1.54) is 26.7 Å². The van der Waals surface area contributed by atoms with Crippen LogP contribution < -0.4 is 0 Å². The maximum absolute atomic E-state index is 11.9. The lowest BCUT2D eigenvalue weighted by molar-refractivity contribution is -0.226. The van der Waals surface area contributed by atoms with Gasteiger partial charge in [-0.1, -0.05) is 34.1 Å². The van der Waals surface area contributed by atoms with Crippen LogP contribution in [-0.2, 0) is 23.8 Å². The van der Waals surface area contributed by atoms with E-state index in [4.69, 9.17) is 14.2 Å². The molecular weight excluding hydrogens is 384 g/mol. The molecule has 1 N–H and O–H groups in total. The number of aliphatic hydroxyl groups is 1. The second kappa shape index (κ2) is 7.19. The molecule has 0 spiro atoms. The van der Waals surface area contributed by atoms with E-state index >= 15 is 0 Å². The highest BCUT2D eigenvalue weighted by Gasteiger charge is 2.69. The first-order chi connectivity index (χ1) is 13.9. The molecule has 30 heavy (non-hydrogen) atoms. The van der Waals surface area contributed by atoms with Crippen LogP contribution in [0.15, 0.2) is 0 Å². The lowest BCUT2D eigenvalue weighted by Crippen LogP contribution is -2.63. The molecule has 0 aromatic rings. The monoisotopic (exact) mass is 422 g/mol. The second-order valence-electron chi connectivity index (χ2n) is 11.5. The zero-order valence-corrected chi connectivity index (χ0v) is 19.3. The molecule has 0 amide bonds. The Labute approximate surface area is 180 Å². The quantitative estimate of drug-likeness (QED) is 0.677. The van der Waals surface area contributed by atoms with Gasteiger partial charge in [0, 0.05) is 19.8 Å². The molecule has 1 heterocycles. The van der Waals surface area contributed by atoms with E-state index in [-0.39, 0.29) is 28.1 Å². The molecule has 0 bridgehead atoms. The van der Waals surface area contributed by atoms with Gasteiger partial charge >= 0.3 is 11.9 Å². The molecule has 4 fully saturated rings. The fourth-order valence-corrected chi connectivity index (χ4v) is 8.39. The van der Waals surface area contributed by atoms with Gasteiger partial charge in [-0.05, 0) is 60.2 Å². The van der Waals surface area contributed by atoms with Gasteiger partial charge in [0.05, 0.1) is 12.0 Å². The van der Waals surface area contributed by atoms with Crippen LogP contribution in [0, 0.1) is 39.9 Å². The number of ether oxygens (including phenoxy) is 3. The van der Waals surface area contributed by atoms with E-state index in [1.807, 2.05) is 0 Å². The van der Waals surface area contributed by atoms with Gasteiger partial charge in [-0.15, -0.1) is 0 Å². The highest BCUT2D eigenvalue weighted by molar-refractivity contribution is 5.66. The van der Waals surface area contributed by atoms with Crippen molar-refractivity contribution in [2.45, 2.75) is 98.8 Å². The number of fused-ring (bicyclic) bond motifs is 5. The smallest absolute Gasteiger partial charge is 0.304 e. The van der Waals surface area contributed by atoms with E-state index in [9.17, 15) is 14.7 Å². The van der Waals surface area contributed by atoms with Crippen molar-refractivity contribution in [2.24, 2.45) is 39.9 Å². The summed E-state index contributed by atoms with van der Waals surface area (Å²) in [7, 11) is 0. The van der Waals surface area contributed by atoms with Gasteiger partial charge in [0.15, 0.2) is 0 Å². The van der Waals surface area contributed by atoms with Crippen molar-refractivity contribution in [1.29, 1.82) is 0 Å². The SMILES string of the molecule is CC(=O)O[C@@H]1O[C@H](OC(C)=O)[C@@H]2[C@H]1[C@H](O)CC1[C@@]3(C)CCCC(C)(C)C3CC[C@]12C. The Bertz CT molecular complexity index is 718. The molecule has 3 aliphatic carbocycles. The molecule has 0 aromatic carbocycles. The molecule has 9 atom stereocenters. The van der Waals surface area contributed by atoms with Crippen LogP contribution in [0.2, 0.25) is 0 Å². The Morgan fingerprint density at radius 1 is 0.900 bits per heavy atom. The van der Waals surface area contributed by atoms with Crippen LogP contribution >= 0.6 is 0 Å². The van der Waals surface area contributed by atoms with Gasteiger partial charge in [-0.2, -0.15) is 0 Å². The van der Waals surface area contributed by atoms with Gasteiger partial charge in [-0.3, -0.25) is 9.59 Å². The maximum atomic E-state index is 11.9. The van der Waals surface area contributed by atoms with E-state index in [1.54, 1.807) is 0 Å². The number of hydrogen-bond donors (Lipinski definition) is 1. The summed E-state index contributed by atoms with van der Waals surface area (Å²) in [5, 5.41) is 11.3. The summed E-state index contributed by atoms with van der Waals surface area (Å²) < 4.78 is 17.0. The number of hydrogen-bond acceptors (Lipinski definition) is 6. The third kappa shape index (κ3) is 3.21. The molecule has 6 heteroatoms. The minimum absolute atomic E-state index is 0.126. The molecule has 3 saturated carbocycles. The second-order valence-corrected chi connectivity index (χ2v) is 11.5. The van der Waals surface area contributed by atoms with Crippen molar-refractivity contribution >= 4 is 11.9 Å². The Morgan fingerprint density at radius 2 is 1.53 bits per heavy atom. The van der Waals surface area contributed by atoms with Gasteiger partial charge in [0.1, 0.15) is 0 Å². The number of rotatable bonds is 2. The Hall–Kier alpha value is -1.14. The van der Waals surface area contributed by atoms with Crippen LogP contribution in [0.4, 0.5) is 0 Å². The molecular formula is C24H38O6. The fraction of sp³-hybridized carbons (Fsp3) is 0.917. The standard InChI is InChI=1S/C24H38O6/c1-13(25)28-20-18-15(27)12-17-23(5)10-7-9-22(3,4)16(23)8-11-24(17,6)19(18)21(30-20)29-14(2)26/h15-21,27H,7-12H2,1-6H3/t15-,16?,17?,18-,19+,20-,21+,23+,24-/m1/s1. The summed E-state index contributed by atoms with van der Waals surface area (Å²) in [6, 6.07) is 0. The third-order valence-electron chi connectivity index (χ3n) is 9.38. The van der Waals surface area contributed by atoms with Crippen molar-refractivity contribution in [3.63, 3.8) is 0 Å². The largest absolute Gasteiger partial charge is 0.435 e. The number of esters is 2. The Morgan fingerprint density at radius 3 is 2.17 bits per heavy atom. The number of carbonyl (C=O) groups excluding carboxylic acids is 2. The highest BCUT2D eigenvalue weighted by Crippen LogP contribution is 2.70. The molecule has 4 aliphatic rings. The Kier molecular flexibility index (Phi) is 5.29. The minimum Gasteiger partial charge on any atom is -0.435 e. The van der Waals surface area contributed by atoms with Crippen molar-refractivity contribution in [2.75, 3.05) is 0 Å². The highest BCUT2D eigenvalue weighted by atomic mass is 16.8. The first kappa shape index (κ1) is 22.1. The predicted molar refractivity (Wildman–Crippen MR) is 110 cm³/mol. The van der Waals surface area contributed by atoms with Crippen molar-refractivity contribution in [1.82, 2.24) is 0 Å². The average Bonchev–Trinajstić information content (AvgIpc) is 2.94. The molecule has 1 saturated heterocycles. The molecule has 0 radical (unpaired) electrons. The average molecular weight is 423 g/mol. The zero-order chi connectivity index (χ0) is 22.1. The molecule has 4 rings (SSSR count). The minimum atomic E-state index is -0.877. The first-order valence-electron chi connectivity index (χ1n) is 11.6. The molecule has 6 nitrogen and oxygen atoms in total. The van der Waals surface area contributed by atoms with Gasteiger partial charge in [-0.25, -0.2) is 0 Å². The first-order valence-corrected chi connectivity index (χ1v) is 11.6. The van der Waals surface area contributed by atoms with Gasteiger partial charge < -0.3 is 19.3 Å². The summed E-state index contributed by atoms with van der Waals surface area (Å²) in [6.45, 7) is 12.2. The van der Waals surface area contributed by atoms with Crippen molar-refractivity contribution < 1.29 is 28.9 Å². The lowest BCUT2D eigenvalue weighted by atomic mass is 9.38. The van der Waals surface area contributed by atoms with E-state index in [0.29, 0.717) is 18.3 Å².